The molecule has 9 heteroatoms. The van der Waals surface area contributed by atoms with Gasteiger partial charge < -0.3 is 15.1 Å². The summed E-state index contributed by atoms with van der Waals surface area (Å²) in [5.41, 5.74) is 0.419. The highest BCUT2D eigenvalue weighted by Crippen LogP contribution is 2.17. The summed E-state index contributed by atoms with van der Waals surface area (Å²) in [7, 11) is -3.41. The van der Waals surface area contributed by atoms with Crippen LogP contribution in [0.3, 0.4) is 0 Å². The van der Waals surface area contributed by atoms with Crippen LogP contribution in [0.4, 0.5) is 0 Å². The molecule has 3 aliphatic rings. The van der Waals surface area contributed by atoms with Gasteiger partial charge in [-0.15, -0.1) is 4.40 Å². The normalized spacial score (nSPS) is 24.4. The molecule has 0 bridgehead atoms. The van der Waals surface area contributed by atoms with E-state index in [1.54, 1.807) is 17.2 Å². The summed E-state index contributed by atoms with van der Waals surface area (Å²) in [6.07, 6.45) is 7.13. The monoisotopic (exact) mass is 380 g/mol. The number of fused-ring (bicyclic) bond motifs is 1. The van der Waals surface area contributed by atoms with Crippen LogP contribution in [0.1, 0.15) is 26.2 Å². The number of carbonyl (C=O) groups excluding carboxylic acids is 2. The Bertz CT molecular complexity index is 785. The minimum Gasteiger partial charge on any atom is -0.351 e. The largest absolute Gasteiger partial charge is 0.351 e. The van der Waals surface area contributed by atoms with Crippen molar-refractivity contribution in [1.82, 2.24) is 15.1 Å². The van der Waals surface area contributed by atoms with Crippen LogP contribution in [-0.2, 0) is 19.6 Å². The molecule has 3 rings (SSSR count). The van der Waals surface area contributed by atoms with Gasteiger partial charge in [-0.25, -0.2) is 8.42 Å². The van der Waals surface area contributed by atoms with Gasteiger partial charge in [-0.1, -0.05) is 6.92 Å². The van der Waals surface area contributed by atoms with Crippen LogP contribution in [0.15, 0.2) is 28.3 Å². The quantitative estimate of drug-likeness (QED) is 0.754. The number of nitrogens with zero attached hydrogens (tertiary/aromatic N) is 3. The van der Waals surface area contributed by atoms with Crippen molar-refractivity contribution in [2.75, 3.05) is 31.9 Å². The van der Waals surface area contributed by atoms with E-state index in [1.807, 2.05) is 4.90 Å². The summed E-state index contributed by atoms with van der Waals surface area (Å²) in [5.74, 6) is 0.568. The van der Waals surface area contributed by atoms with Gasteiger partial charge in [0.25, 0.3) is 15.9 Å². The van der Waals surface area contributed by atoms with Crippen molar-refractivity contribution in [3.63, 3.8) is 0 Å². The van der Waals surface area contributed by atoms with Crippen LogP contribution < -0.4 is 5.32 Å². The van der Waals surface area contributed by atoms with Crippen LogP contribution in [0, 0.1) is 5.92 Å². The maximum absolute atomic E-state index is 12.3. The molecule has 0 spiro atoms. The zero-order chi connectivity index (χ0) is 18.7. The highest BCUT2D eigenvalue weighted by molar-refractivity contribution is 7.90. The standard InChI is InChI=1S/C17H24N4O4S/c1-13-3-2-8-21(11-13)16(22)6-7-18-17(23)14-4-5-15-19-26(24,25)10-9-20(15)12-14/h4-5,12-13H,2-3,6-11H2,1H3,(H,18,23). The van der Waals surface area contributed by atoms with Crippen molar-refractivity contribution in [2.45, 2.75) is 26.2 Å². The molecule has 142 valence electrons. The van der Waals surface area contributed by atoms with Gasteiger partial charge in [0.2, 0.25) is 5.91 Å². The predicted octanol–water partition coefficient (Wildman–Crippen LogP) is 0.249. The number of nitrogens with one attached hydrogen (secondary N) is 1. The number of carbonyl (C=O) groups is 2. The molecule has 26 heavy (non-hydrogen) atoms. The van der Waals surface area contributed by atoms with Crippen LogP contribution in [0.5, 0.6) is 0 Å². The van der Waals surface area contributed by atoms with E-state index in [-0.39, 0.29) is 37.1 Å². The fraction of sp³-hybridized carbons (Fsp3) is 0.588. The fourth-order valence-corrected chi connectivity index (χ4v) is 4.26. The lowest BCUT2D eigenvalue weighted by atomic mass is 10.00. The number of likely N-dealkylation sites (tertiary alicyclic amines) is 1. The number of amidine groups is 1. The first kappa shape index (κ1) is 18.6. The van der Waals surface area contributed by atoms with Crippen molar-refractivity contribution >= 4 is 27.7 Å². The minimum atomic E-state index is -3.41. The molecule has 8 nitrogen and oxygen atoms in total. The van der Waals surface area contributed by atoms with Gasteiger partial charge in [-0.2, -0.15) is 0 Å². The second-order valence-corrected chi connectivity index (χ2v) is 8.69. The summed E-state index contributed by atoms with van der Waals surface area (Å²) in [5, 5.41) is 2.75. The Balaban J connectivity index is 1.49. The Morgan fingerprint density at radius 3 is 2.88 bits per heavy atom. The lowest BCUT2D eigenvalue weighted by molar-refractivity contribution is -0.132. The Hall–Kier alpha value is -2.16. The van der Waals surface area contributed by atoms with Gasteiger partial charge in [0.1, 0.15) is 5.84 Å². The number of hydrogen-bond acceptors (Lipinski definition) is 5. The average Bonchev–Trinajstić information content (AvgIpc) is 2.60. The smallest absolute Gasteiger partial charge is 0.256 e. The summed E-state index contributed by atoms with van der Waals surface area (Å²) in [4.78, 5) is 28.0. The van der Waals surface area contributed by atoms with Crippen molar-refractivity contribution in [2.24, 2.45) is 10.3 Å². The second kappa shape index (κ2) is 7.61. The number of rotatable bonds is 4. The molecule has 3 aliphatic heterocycles. The van der Waals surface area contributed by atoms with E-state index < -0.39 is 10.0 Å². The van der Waals surface area contributed by atoms with E-state index in [9.17, 15) is 18.0 Å². The zero-order valence-corrected chi connectivity index (χ0v) is 15.7. The predicted molar refractivity (Wildman–Crippen MR) is 97.8 cm³/mol. The highest BCUT2D eigenvalue weighted by Gasteiger charge is 2.25. The van der Waals surface area contributed by atoms with Gasteiger partial charge in [0.15, 0.2) is 0 Å². The van der Waals surface area contributed by atoms with Gasteiger partial charge >= 0.3 is 0 Å². The van der Waals surface area contributed by atoms with Crippen LogP contribution >= 0.6 is 0 Å². The molecule has 2 amide bonds. The Kier molecular flexibility index (Phi) is 5.45. The maximum atomic E-state index is 12.3. The number of amides is 2. The lowest BCUT2D eigenvalue weighted by Crippen LogP contribution is -2.41. The zero-order valence-electron chi connectivity index (χ0n) is 14.8. The molecule has 0 aliphatic carbocycles. The van der Waals surface area contributed by atoms with Gasteiger partial charge in [0, 0.05) is 38.8 Å². The number of piperidine rings is 1. The molecule has 1 saturated heterocycles. The Morgan fingerprint density at radius 2 is 2.12 bits per heavy atom. The summed E-state index contributed by atoms with van der Waals surface area (Å²) < 4.78 is 26.7. The Morgan fingerprint density at radius 1 is 1.31 bits per heavy atom. The van der Waals surface area contributed by atoms with E-state index in [0.717, 1.165) is 25.9 Å². The molecular formula is C17H24N4O4S. The highest BCUT2D eigenvalue weighted by atomic mass is 32.2. The third kappa shape index (κ3) is 4.51. The topological polar surface area (TPSA) is 99.1 Å². The van der Waals surface area contributed by atoms with Crippen molar-refractivity contribution in [1.29, 1.82) is 0 Å². The number of hydrogen-bond donors (Lipinski definition) is 1. The summed E-state index contributed by atoms with van der Waals surface area (Å²) in [6, 6.07) is 0. The number of sulfonamides is 1. The molecule has 1 unspecified atom stereocenters. The van der Waals surface area contributed by atoms with Crippen LogP contribution in [0.2, 0.25) is 0 Å². The van der Waals surface area contributed by atoms with E-state index >= 15 is 0 Å². The van der Waals surface area contributed by atoms with Gasteiger partial charge in [0.05, 0.1) is 11.3 Å². The third-order valence-corrected chi connectivity index (χ3v) is 5.88. The maximum Gasteiger partial charge on any atom is 0.256 e. The lowest BCUT2D eigenvalue weighted by Gasteiger charge is -2.31. The first-order chi connectivity index (χ1) is 12.3. The van der Waals surface area contributed by atoms with Crippen LogP contribution in [-0.4, -0.2) is 67.8 Å². The molecule has 1 fully saturated rings. The molecule has 0 aromatic heterocycles. The van der Waals surface area contributed by atoms with Gasteiger partial charge in [-0.3, -0.25) is 9.59 Å². The molecular weight excluding hydrogens is 356 g/mol. The summed E-state index contributed by atoms with van der Waals surface area (Å²) >= 11 is 0. The average molecular weight is 380 g/mol. The van der Waals surface area contributed by atoms with E-state index in [1.165, 1.54) is 6.08 Å². The Labute approximate surface area is 153 Å². The second-order valence-electron chi connectivity index (χ2n) is 6.94. The molecule has 0 aromatic rings. The van der Waals surface area contributed by atoms with Crippen molar-refractivity contribution < 1.29 is 18.0 Å². The molecule has 0 saturated carbocycles. The third-order valence-electron chi connectivity index (χ3n) is 4.72. The molecule has 1 N–H and O–H groups in total. The first-order valence-corrected chi connectivity index (χ1v) is 10.5. The molecule has 3 heterocycles. The summed E-state index contributed by atoms with van der Waals surface area (Å²) in [6.45, 7) is 4.29. The first-order valence-electron chi connectivity index (χ1n) is 8.89. The molecule has 1 atom stereocenters. The molecule has 0 radical (unpaired) electrons. The SMILES string of the molecule is CC1CCCN(C(=O)CCNC(=O)C2=CN3CCS(=O)(=O)N=C3C=C2)C1. The minimum absolute atomic E-state index is 0.0701. The van der Waals surface area contributed by atoms with Gasteiger partial charge in [-0.05, 0) is 30.9 Å². The van der Waals surface area contributed by atoms with Crippen molar-refractivity contribution in [3.05, 3.63) is 23.9 Å². The van der Waals surface area contributed by atoms with E-state index in [0.29, 0.717) is 17.3 Å². The van der Waals surface area contributed by atoms with E-state index in [4.69, 9.17) is 0 Å². The van der Waals surface area contributed by atoms with Crippen LogP contribution in [0.25, 0.3) is 0 Å². The van der Waals surface area contributed by atoms with Crippen molar-refractivity contribution in [3.8, 4) is 0 Å². The fourth-order valence-electron chi connectivity index (χ4n) is 3.29. The van der Waals surface area contributed by atoms with E-state index in [2.05, 4.69) is 16.6 Å². The molecule has 0 aromatic carbocycles.